The van der Waals surface area contributed by atoms with E-state index in [9.17, 15) is 8.42 Å². The topological polar surface area (TPSA) is 49.4 Å². The van der Waals surface area contributed by atoms with Gasteiger partial charge in [0.25, 0.3) is 0 Å². The number of nitrogens with one attached hydrogen (secondary N) is 1. The van der Waals surface area contributed by atoms with Gasteiger partial charge in [-0.15, -0.1) is 0 Å². The van der Waals surface area contributed by atoms with Crippen LogP contribution in [0, 0.1) is 6.92 Å². The smallest absolute Gasteiger partial charge is 0.240 e. The van der Waals surface area contributed by atoms with E-state index in [-0.39, 0.29) is 5.54 Å². The van der Waals surface area contributed by atoms with Gasteiger partial charge in [0.15, 0.2) is 0 Å². The molecule has 112 valence electrons. The summed E-state index contributed by atoms with van der Waals surface area (Å²) in [5, 5.41) is 0. The van der Waals surface area contributed by atoms with E-state index < -0.39 is 10.0 Å². The average molecular weight is 361 g/mol. The highest BCUT2D eigenvalue weighted by atomic mass is 79.9. The van der Waals surface area contributed by atoms with Crippen molar-refractivity contribution < 1.29 is 8.42 Å². The van der Waals surface area contributed by atoms with Crippen LogP contribution in [0.25, 0.3) is 0 Å². The molecule has 20 heavy (non-hydrogen) atoms. The number of likely N-dealkylation sites (N-methyl/N-ethyl adjacent to an activating group) is 1. The third kappa shape index (κ3) is 3.08. The average Bonchev–Trinajstić information content (AvgIpc) is 2.30. The molecule has 1 aromatic carbocycles. The van der Waals surface area contributed by atoms with E-state index in [1.807, 2.05) is 21.0 Å². The van der Waals surface area contributed by atoms with Crippen LogP contribution >= 0.6 is 15.9 Å². The van der Waals surface area contributed by atoms with Crippen LogP contribution < -0.4 is 4.72 Å². The summed E-state index contributed by atoms with van der Waals surface area (Å²) in [6.45, 7) is 2.35. The maximum absolute atomic E-state index is 12.4. The maximum Gasteiger partial charge on any atom is 0.240 e. The molecule has 0 unspecified atom stereocenters. The first-order valence-electron chi connectivity index (χ1n) is 6.70. The fraction of sp³-hybridized carbons (Fsp3) is 0.571. The second-order valence-corrected chi connectivity index (χ2v) is 8.33. The highest BCUT2D eigenvalue weighted by molar-refractivity contribution is 9.10. The molecule has 1 aliphatic rings. The van der Waals surface area contributed by atoms with Gasteiger partial charge in [-0.1, -0.05) is 15.9 Å². The molecule has 1 saturated carbocycles. The number of benzene rings is 1. The first kappa shape index (κ1) is 15.9. The molecule has 0 bridgehead atoms. The second kappa shape index (κ2) is 5.75. The molecule has 6 heteroatoms. The lowest BCUT2D eigenvalue weighted by Gasteiger charge is -2.47. The van der Waals surface area contributed by atoms with Crippen molar-refractivity contribution in [3.63, 3.8) is 0 Å². The Bertz CT molecular complexity index is 595. The van der Waals surface area contributed by atoms with Crippen molar-refractivity contribution in [2.75, 3.05) is 20.6 Å². The number of rotatable bonds is 5. The molecule has 0 atom stereocenters. The van der Waals surface area contributed by atoms with Crippen molar-refractivity contribution >= 4 is 26.0 Å². The van der Waals surface area contributed by atoms with Crippen molar-refractivity contribution in [1.29, 1.82) is 0 Å². The molecule has 0 heterocycles. The van der Waals surface area contributed by atoms with Crippen LogP contribution in [0.3, 0.4) is 0 Å². The number of aryl methyl sites for hydroxylation is 1. The third-order valence-corrected chi connectivity index (χ3v) is 6.55. The van der Waals surface area contributed by atoms with Gasteiger partial charge in [-0.05, 0) is 64.0 Å². The summed E-state index contributed by atoms with van der Waals surface area (Å²) in [5.74, 6) is 0. The molecule has 0 saturated heterocycles. The Morgan fingerprint density at radius 2 is 2.00 bits per heavy atom. The van der Waals surface area contributed by atoms with E-state index in [4.69, 9.17) is 0 Å². The van der Waals surface area contributed by atoms with Crippen LogP contribution in [0.5, 0.6) is 0 Å². The Balaban J connectivity index is 2.13. The fourth-order valence-electron chi connectivity index (χ4n) is 2.46. The van der Waals surface area contributed by atoms with Crippen LogP contribution in [0.1, 0.15) is 24.8 Å². The summed E-state index contributed by atoms with van der Waals surface area (Å²) >= 11 is 3.38. The lowest BCUT2D eigenvalue weighted by atomic mass is 9.76. The van der Waals surface area contributed by atoms with Gasteiger partial charge in [0.2, 0.25) is 10.0 Å². The Morgan fingerprint density at radius 3 is 2.45 bits per heavy atom. The summed E-state index contributed by atoms with van der Waals surface area (Å²) < 4.78 is 28.4. The number of hydrogen-bond acceptors (Lipinski definition) is 3. The van der Waals surface area contributed by atoms with E-state index in [0.717, 1.165) is 29.3 Å². The fourth-order valence-corrected chi connectivity index (χ4v) is 3.92. The molecule has 1 N–H and O–H groups in total. The molecule has 0 spiro atoms. The van der Waals surface area contributed by atoms with Crippen LogP contribution in [-0.2, 0) is 10.0 Å². The zero-order valence-corrected chi connectivity index (χ0v) is 14.5. The molecule has 0 aliphatic heterocycles. The highest BCUT2D eigenvalue weighted by Gasteiger charge is 2.39. The lowest BCUT2D eigenvalue weighted by Crippen LogP contribution is -2.57. The summed E-state index contributed by atoms with van der Waals surface area (Å²) in [5.41, 5.74) is 0.899. The minimum Gasteiger partial charge on any atom is -0.302 e. The van der Waals surface area contributed by atoms with Crippen LogP contribution in [0.2, 0.25) is 0 Å². The van der Waals surface area contributed by atoms with E-state index in [1.54, 1.807) is 18.2 Å². The first-order valence-corrected chi connectivity index (χ1v) is 8.98. The standard InChI is InChI=1S/C14H21BrN2O2S/c1-11-9-12(5-6-13(11)15)20(18,19)16-10-14(17(2)3)7-4-8-14/h5-6,9,16H,4,7-8,10H2,1-3H3. The zero-order chi connectivity index (χ0) is 15.0. The van der Waals surface area contributed by atoms with Crippen LogP contribution in [-0.4, -0.2) is 39.5 Å². The van der Waals surface area contributed by atoms with Gasteiger partial charge in [-0.2, -0.15) is 0 Å². The normalized spacial score (nSPS) is 18.1. The molecule has 2 rings (SSSR count). The van der Waals surface area contributed by atoms with Crippen LogP contribution in [0.4, 0.5) is 0 Å². The van der Waals surface area contributed by atoms with Crippen molar-refractivity contribution in [1.82, 2.24) is 9.62 Å². The monoisotopic (exact) mass is 360 g/mol. The van der Waals surface area contributed by atoms with E-state index in [0.29, 0.717) is 11.4 Å². The second-order valence-electron chi connectivity index (χ2n) is 5.71. The SMILES string of the molecule is Cc1cc(S(=O)(=O)NCC2(N(C)C)CCC2)ccc1Br. The van der Waals surface area contributed by atoms with E-state index in [1.165, 1.54) is 0 Å². The molecular weight excluding hydrogens is 340 g/mol. The summed E-state index contributed by atoms with van der Waals surface area (Å²) in [7, 11) is 0.582. The van der Waals surface area contributed by atoms with Crippen molar-refractivity contribution in [2.24, 2.45) is 0 Å². The van der Waals surface area contributed by atoms with Gasteiger partial charge in [0.1, 0.15) is 0 Å². The summed E-state index contributed by atoms with van der Waals surface area (Å²) in [6, 6.07) is 5.09. The molecule has 1 aromatic rings. The number of sulfonamides is 1. The molecule has 0 amide bonds. The molecule has 4 nitrogen and oxygen atoms in total. The van der Waals surface area contributed by atoms with Gasteiger partial charge in [0, 0.05) is 16.6 Å². The molecule has 1 fully saturated rings. The summed E-state index contributed by atoms with van der Waals surface area (Å²) in [6.07, 6.45) is 3.25. The van der Waals surface area contributed by atoms with Gasteiger partial charge in [0.05, 0.1) is 4.90 Å². The van der Waals surface area contributed by atoms with Crippen molar-refractivity contribution in [2.45, 2.75) is 36.6 Å². The first-order chi connectivity index (χ1) is 9.27. The van der Waals surface area contributed by atoms with Gasteiger partial charge in [-0.25, -0.2) is 13.1 Å². The Morgan fingerprint density at radius 1 is 1.35 bits per heavy atom. The number of halogens is 1. The van der Waals surface area contributed by atoms with Crippen LogP contribution in [0.15, 0.2) is 27.6 Å². The minimum atomic E-state index is -3.44. The lowest BCUT2D eigenvalue weighted by molar-refractivity contribution is 0.0657. The summed E-state index contributed by atoms with van der Waals surface area (Å²) in [4.78, 5) is 2.46. The van der Waals surface area contributed by atoms with Crippen molar-refractivity contribution in [3.05, 3.63) is 28.2 Å². The highest BCUT2D eigenvalue weighted by Crippen LogP contribution is 2.35. The Labute approximate surface area is 129 Å². The maximum atomic E-state index is 12.4. The molecule has 0 aromatic heterocycles. The molecule has 1 aliphatic carbocycles. The van der Waals surface area contributed by atoms with E-state index in [2.05, 4.69) is 25.6 Å². The number of hydrogen-bond donors (Lipinski definition) is 1. The van der Waals surface area contributed by atoms with Gasteiger partial charge >= 0.3 is 0 Å². The largest absolute Gasteiger partial charge is 0.302 e. The zero-order valence-electron chi connectivity index (χ0n) is 12.1. The number of nitrogens with zero attached hydrogens (tertiary/aromatic N) is 1. The molecule has 0 radical (unpaired) electrons. The third-order valence-electron chi connectivity index (χ3n) is 4.26. The quantitative estimate of drug-likeness (QED) is 0.877. The Hall–Kier alpha value is -0.430. The van der Waals surface area contributed by atoms with Crippen molar-refractivity contribution in [3.8, 4) is 0 Å². The Kier molecular flexibility index (Phi) is 4.59. The van der Waals surface area contributed by atoms with E-state index >= 15 is 0 Å². The van der Waals surface area contributed by atoms with Gasteiger partial charge in [-0.3, -0.25) is 0 Å². The van der Waals surface area contributed by atoms with Gasteiger partial charge < -0.3 is 4.90 Å². The molecular formula is C14H21BrN2O2S. The predicted molar refractivity (Wildman–Crippen MR) is 84.3 cm³/mol. The predicted octanol–water partition coefficient (Wildman–Crippen LogP) is 2.52. The minimum absolute atomic E-state index is 0.0164.